The van der Waals surface area contributed by atoms with Crippen LogP contribution in [-0.2, 0) is 18.4 Å². The second-order valence-electron chi connectivity index (χ2n) is 6.46. The lowest BCUT2D eigenvalue weighted by molar-refractivity contribution is -0.132. The topological polar surface area (TPSA) is 50.5 Å². The Balaban J connectivity index is 1.53. The fourth-order valence-electron chi connectivity index (χ4n) is 3.11. The van der Waals surface area contributed by atoms with Crippen LogP contribution in [0.2, 0.25) is 0 Å². The van der Waals surface area contributed by atoms with Gasteiger partial charge in [-0.1, -0.05) is 54.6 Å². The Labute approximate surface area is 152 Å². The van der Waals surface area contributed by atoms with Gasteiger partial charge in [-0.15, -0.1) is 0 Å². The summed E-state index contributed by atoms with van der Waals surface area (Å²) >= 11 is 0. The van der Waals surface area contributed by atoms with Crippen LogP contribution in [0.1, 0.15) is 24.0 Å². The van der Waals surface area contributed by atoms with Crippen LogP contribution in [0, 0.1) is 0 Å². The molecule has 5 heteroatoms. The summed E-state index contributed by atoms with van der Waals surface area (Å²) in [7, 11) is 1.88. The van der Waals surface area contributed by atoms with Gasteiger partial charge in [0.25, 0.3) is 0 Å². The Kier molecular flexibility index (Phi) is 4.35. The monoisotopic (exact) mass is 344 g/mol. The summed E-state index contributed by atoms with van der Waals surface area (Å²) in [5.41, 5.74) is 5.31. The zero-order valence-electron chi connectivity index (χ0n) is 14.7. The van der Waals surface area contributed by atoms with E-state index in [1.54, 1.807) is 15.9 Å². The highest BCUT2D eigenvalue weighted by Gasteiger charge is 2.22. The third-order valence-corrected chi connectivity index (χ3v) is 4.54. The third-order valence-electron chi connectivity index (χ3n) is 4.54. The van der Waals surface area contributed by atoms with E-state index in [1.165, 1.54) is 11.1 Å². The molecule has 0 bridgehead atoms. The van der Waals surface area contributed by atoms with E-state index in [1.807, 2.05) is 31.4 Å². The van der Waals surface area contributed by atoms with Gasteiger partial charge in [-0.2, -0.15) is 10.2 Å². The van der Waals surface area contributed by atoms with Crippen molar-refractivity contribution < 1.29 is 4.79 Å². The van der Waals surface area contributed by atoms with Gasteiger partial charge in [-0.3, -0.25) is 9.48 Å². The number of aryl methyl sites for hydroxylation is 1. The minimum atomic E-state index is 0.0600. The second kappa shape index (κ2) is 6.96. The van der Waals surface area contributed by atoms with Crippen molar-refractivity contribution in [1.82, 2.24) is 14.8 Å². The number of carbonyl (C=O) groups excluding carboxylic acids is 1. The summed E-state index contributed by atoms with van der Waals surface area (Å²) in [5.74, 6) is 0.0600. The predicted molar refractivity (Wildman–Crippen MR) is 101 cm³/mol. The van der Waals surface area contributed by atoms with Crippen molar-refractivity contribution in [2.24, 2.45) is 12.1 Å². The summed E-state index contributed by atoms with van der Waals surface area (Å²) in [6.45, 7) is 0.484. The molecule has 4 rings (SSSR count). The lowest BCUT2D eigenvalue weighted by Crippen LogP contribution is -2.31. The van der Waals surface area contributed by atoms with Crippen molar-refractivity contribution >= 4 is 11.6 Å². The van der Waals surface area contributed by atoms with Crippen LogP contribution in [0.4, 0.5) is 0 Å². The number of hydrogen-bond donors (Lipinski definition) is 0. The first-order valence-corrected chi connectivity index (χ1v) is 8.70. The molecule has 0 fully saturated rings. The first kappa shape index (κ1) is 16.3. The van der Waals surface area contributed by atoms with Crippen molar-refractivity contribution in [2.45, 2.75) is 19.4 Å². The lowest BCUT2D eigenvalue weighted by Gasteiger charge is -2.23. The van der Waals surface area contributed by atoms with Gasteiger partial charge < -0.3 is 0 Å². The SMILES string of the molecule is Cn1cc(C2=NN(Cc3ccc(-c4ccccc4)cc3)C(=O)CC2)cn1. The highest BCUT2D eigenvalue weighted by molar-refractivity contribution is 6.03. The Bertz CT molecular complexity index is 942. The molecular weight excluding hydrogens is 324 g/mol. The van der Waals surface area contributed by atoms with Gasteiger partial charge in [-0.05, 0) is 16.7 Å². The van der Waals surface area contributed by atoms with Crippen molar-refractivity contribution in [3.63, 3.8) is 0 Å². The average Bonchev–Trinajstić information content (AvgIpc) is 3.11. The molecule has 0 saturated carbocycles. The average molecular weight is 344 g/mol. The molecule has 5 nitrogen and oxygen atoms in total. The summed E-state index contributed by atoms with van der Waals surface area (Å²) in [6.07, 6.45) is 4.87. The Morgan fingerprint density at radius 3 is 2.35 bits per heavy atom. The van der Waals surface area contributed by atoms with Crippen molar-refractivity contribution in [1.29, 1.82) is 0 Å². The largest absolute Gasteiger partial charge is 0.275 e. The quantitative estimate of drug-likeness (QED) is 0.726. The molecule has 2 heterocycles. The lowest BCUT2D eigenvalue weighted by atomic mass is 10.0. The molecule has 2 aromatic carbocycles. The van der Waals surface area contributed by atoms with E-state index >= 15 is 0 Å². The van der Waals surface area contributed by atoms with E-state index in [-0.39, 0.29) is 5.91 Å². The van der Waals surface area contributed by atoms with Crippen LogP contribution in [-0.4, -0.2) is 26.4 Å². The summed E-state index contributed by atoms with van der Waals surface area (Å²) in [6, 6.07) is 18.6. The first-order valence-electron chi connectivity index (χ1n) is 8.70. The standard InChI is InChI=1S/C21H20N4O/c1-24-15-19(13-22-24)20-11-12-21(26)25(23-20)14-16-7-9-18(10-8-16)17-5-3-2-4-6-17/h2-10,13,15H,11-12,14H2,1H3. The van der Waals surface area contributed by atoms with Gasteiger partial charge >= 0.3 is 0 Å². The summed E-state index contributed by atoms with van der Waals surface area (Å²) in [4.78, 5) is 12.3. The number of carbonyl (C=O) groups is 1. The molecule has 26 heavy (non-hydrogen) atoms. The number of nitrogens with zero attached hydrogens (tertiary/aromatic N) is 4. The Morgan fingerprint density at radius 2 is 1.65 bits per heavy atom. The number of rotatable bonds is 4. The fraction of sp³-hybridized carbons (Fsp3) is 0.190. The fourth-order valence-corrected chi connectivity index (χ4v) is 3.11. The molecular formula is C21H20N4O. The molecule has 0 saturated heterocycles. The normalized spacial score (nSPS) is 14.4. The van der Waals surface area contributed by atoms with E-state index in [2.05, 4.69) is 46.6 Å². The van der Waals surface area contributed by atoms with Crippen LogP contribution in [0.5, 0.6) is 0 Å². The molecule has 1 amide bonds. The zero-order chi connectivity index (χ0) is 17.9. The van der Waals surface area contributed by atoms with Gasteiger partial charge in [0.05, 0.1) is 18.5 Å². The Hall–Kier alpha value is -3.21. The molecule has 0 aliphatic carbocycles. The number of amides is 1. The predicted octanol–water partition coefficient (Wildman–Crippen LogP) is 3.61. The van der Waals surface area contributed by atoms with E-state index in [9.17, 15) is 4.79 Å². The molecule has 0 radical (unpaired) electrons. The minimum absolute atomic E-state index is 0.0600. The number of hydrazone groups is 1. The maximum atomic E-state index is 12.3. The van der Waals surface area contributed by atoms with Crippen molar-refractivity contribution in [2.75, 3.05) is 0 Å². The summed E-state index contributed by atoms with van der Waals surface area (Å²) < 4.78 is 1.75. The molecule has 1 aliphatic rings. The van der Waals surface area contributed by atoms with Gasteiger partial charge in [0.2, 0.25) is 5.91 Å². The van der Waals surface area contributed by atoms with Crippen molar-refractivity contribution in [3.05, 3.63) is 78.1 Å². The minimum Gasteiger partial charge on any atom is -0.275 e. The maximum absolute atomic E-state index is 12.3. The van der Waals surface area contributed by atoms with Crippen LogP contribution in [0.3, 0.4) is 0 Å². The van der Waals surface area contributed by atoms with Gasteiger partial charge in [0.1, 0.15) is 0 Å². The zero-order valence-corrected chi connectivity index (χ0v) is 14.7. The van der Waals surface area contributed by atoms with E-state index < -0.39 is 0 Å². The Morgan fingerprint density at radius 1 is 0.923 bits per heavy atom. The van der Waals surface area contributed by atoms with E-state index in [0.29, 0.717) is 19.4 Å². The maximum Gasteiger partial charge on any atom is 0.243 e. The van der Waals surface area contributed by atoms with Gasteiger partial charge in [-0.25, -0.2) is 5.01 Å². The first-order chi connectivity index (χ1) is 12.7. The molecule has 0 N–H and O–H groups in total. The molecule has 1 aromatic heterocycles. The van der Waals surface area contributed by atoms with Crippen LogP contribution in [0.25, 0.3) is 11.1 Å². The second-order valence-corrected chi connectivity index (χ2v) is 6.46. The molecule has 1 aliphatic heterocycles. The van der Waals surface area contributed by atoms with Crippen molar-refractivity contribution in [3.8, 4) is 11.1 Å². The number of benzene rings is 2. The van der Waals surface area contributed by atoms with Gasteiger partial charge in [0, 0.05) is 31.6 Å². The smallest absolute Gasteiger partial charge is 0.243 e. The van der Waals surface area contributed by atoms with Gasteiger partial charge in [0.15, 0.2) is 0 Å². The molecule has 0 spiro atoms. The number of hydrogen-bond acceptors (Lipinski definition) is 3. The van der Waals surface area contributed by atoms with Crippen LogP contribution >= 0.6 is 0 Å². The third kappa shape index (κ3) is 3.42. The van der Waals surface area contributed by atoms with E-state index in [0.717, 1.165) is 16.8 Å². The molecule has 3 aromatic rings. The van der Waals surface area contributed by atoms with E-state index in [4.69, 9.17) is 0 Å². The summed E-state index contributed by atoms with van der Waals surface area (Å²) in [5, 5.41) is 10.3. The highest BCUT2D eigenvalue weighted by atomic mass is 16.2. The van der Waals surface area contributed by atoms with Crippen LogP contribution in [0.15, 0.2) is 72.1 Å². The molecule has 0 unspecified atom stereocenters. The molecule has 0 atom stereocenters. The van der Waals surface area contributed by atoms with Crippen LogP contribution < -0.4 is 0 Å². The highest BCUT2D eigenvalue weighted by Crippen LogP contribution is 2.21. The number of aromatic nitrogens is 2. The molecule has 130 valence electrons.